The quantitative estimate of drug-likeness (QED) is 0.831. The number of halogens is 2. The van der Waals surface area contributed by atoms with E-state index in [2.05, 4.69) is 10.2 Å². The van der Waals surface area contributed by atoms with E-state index in [0.29, 0.717) is 5.92 Å². The Morgan fingerprint density at radius 3 is 2.57 bits per heavy atom. The molecule has 0 aromatic heterocycles. The summed E-state index contributed by atoms with van der Waals surface area (Å²) in [4.78, 5) is 14.3. The number of piperidine rings is 3. The fourth-order valence-corrected chi connectivity index (χ4v) is 3.36. The number of carbonyl (C=O) groups excluding carboxylic acids is 1. The standard InChI is InChI=1S/C17H20F2N2O2/c18-13-2-1-3-14(19)17(13)15(22)9-20-16(23)8-12-10-21-6-4-11(12)5-7-21/h1-3,8,11,15,22H,4-7,9-10H2,(H,20,23)/b12-8-. The Morgan fingerprint density at radius 2 is 2.00 bits per heavy atom. The van der Waals surface area contributed by atoms with Gasteiger partial charge in [-0.2, -0.15) is 0 Å². The summed E-state index contributed by atoms with van der Waals surface area (Å²) in [6.07, 6.45) is 2.30. The summed E-state index contributed by atoms with van der Waals surface area (Å²) in [5, 5.41) is 12.4. The molecule has 2 bridgehead atoms. The summed E-state index contributed by atoms with van der Waals surface area (Å²) < 4.78 is 27.1. The third-order valence-corrected chi connectivity index (χ3v) is 4.64. The number of hydrogen-bond acceptors (Lipinski definition) is 3. The van der Waals surface area contributed by atoms with Crippen LogP contribution in [-0.2, 0) is 4.79 Å². The van der Waals surface area contributed by atoms with Gasteiger partial charge >= 0.3 is 0 Å². The molecule has 3 fully saturated rings. The van der Waals surface area contributed by atoms with Crippen molar-refractivity contribution in [1.29, 1.82) is 0 Å². The van der Waals surface area contributed by atoms with Gasteiger partial charge in [-0.25, -0.2) is 8.78 Å². The maximum absolute atomic E-state index is 13.6. The van der Waals surface area contributed by atoms with E-state index in [-0.39, 0.29) is 12.5 Å². The number of nitrogens with zero attached hydrogens (tertiary/aromatic N) is 1. The number of rotatable bonds is 4. The average Bonchev–Trinajstić information content (AvgIpc) is 2.54. The minimum Gasteiger partial charge on any atom is -0.386 e. The molecule has 0 radical (unpaired) electrons. The van der Waals surface area contributed by atoms with Crippen LogP contribution < -0.4 is 5.32 Å². The van der Waals surface area contributed by atoms with Gasteiger partial charge in [-0.1, -0.05) is 6.07 Å². The van der Waals surface area contributed by atoms with Crippen molar-refractivity contribution >= 4 is 5.91 Å². The van der Waals surface area contributed by atoms with Crippen molar-refractivity contribution < 1.29 is 18.7 Å². The predicted molar refractivity (Wildman–Crippen MR) is 81.6 cm³/mol. The monoisotopic (exact) mass is 322 g/mol. The minimum absolute atomic E-state index is 0.227. The Morgan fingerprint density at radius 1 is 1.35 bits per heavy atom. The van der Waals surface area contributed by atoms with Gasteiger partial charge < -0.3 is 10.4 Å². The Kier molecular flexibility index (Phi) is 4.73. The van der Waals surface area contributed by atoms with Crippen LogP contribution >= 0.6 is 0 Å². The maximum atomic E-state index is 13.6. The van der Waals surface area contributed by atoms with Crippen LogP contribution in [0, 0.1) is 17.6 Å². The maximum Gasteiger partial charge on any atom is 0.244 e. The van der Waals surface area contributed by atoms with Crippen molar-refractivity contribution in [1.82, 2.24) is 10.2 Å². The van der Waals surface area contributed by atoms with Crippen LogP contribution in [0.3, 0.4) is 0 Å². The van der Waals surface area contributed by atoms with Gasteiger partial charge in [-0.3, -0.25) is 9.69 Å². The highest BCUT2D eigenvalue weighted by Crippen LogP contribution is 2.31. The van der Waals surface area contributed by atoms with E-state index in [1.54, 1.807) is 6.08 Å². The molecule has 1 amide bonds. The van der Waals surface area contributed by atoms with Gasteiger partial charge in [0.05, 0.1) is 5.56 Å². The Bertz CT molecular complexity index is 605. The van der Waals surface area contributed by atoms with E-state index < -0.39 is 23.3 Å². The van der Waals surface area contributed by atoms with Crippen molar-refractivity contribution in [2.24, 2.45) is 5.92 Å². The van der Waals surface area contributed by atoms with Crippen LogP contribution in [0.4, 0.5) is 8.78 Å². The van der Waals surface area contributed by atoms with Gasteiger partial charge in [0.15, 0.2) is 0 Å². The second-order valence-corrected chi connectivity index (χ2v) is 6.17. The zero-order chi connectivity index (χ0) is 16.4. The number of carbonyl (C=O) groups is 1. The smallest absolute Gasteiger partial charge is 0.244 e. The van der Waals surface area contributed by atoms with E-state index in [9.17, 15) is 18.7 Å². The van der Waals surface area contributed by atoms with Crippen molar-refractivity contribution in [3.8, 4) is 0 Å². The van der Waals surface area contributed by atoms with E-state index in [0.717, 1.165) is 50.2 Å². The van der Waals surface area contributed by atoms with Crippen LogP contribution in [-0.4, -0.2) is 42.1 Å². The molecule has 0 aliphatic carbocycles. The summed E-state index contributed by atoms with van der Waals surface area (Å²) in [7, 11) is 0. The van der Waals surface area contributed by atoms with Gasteiger partial charge in [0.1, 0.15) is 17.7 Å². The van der Waals surface area contributed by atoms with E-state index in [1.807, 2.05) is 0 Å². The molecule has 1 unspecified atom stereocenters. The highest BCUT2D eigenvalue weighted by Gasteiger charge is 2.29. The first kappa shape index (κ1) is 16.1. The molecule has 3 aliphatic heterocycles. The summed E-state index contributed by atoms with van der Waals surface area (Å²) in [5.74, 6) is -1.51. The second-order valence-electron chi connectivity index (χ2n) is 6.17. The molecule has 23 heavy (non-hydrogen) atoms. The van der Waals surface area contributed by atoms with Crippen LogP contribution in [0.1, 0.15) is 24.5 Å². The average molecular weight is 322 g/mol. The topological polar surface area (TPSA) is 52.6 Å². The number of fused-ring (bicyclic) bond motifs is 3. The fourth-order valence-electron chi connectivity index (χ4n) is 3.36. The number of aliphatic hydroxyl groups excluding tert-OH is 1. The molecular formula is C17H20F2N2O2. The van der Waals surface area contributed by atoms with Gasteiger partial charge in [0.25, 0.3) is 0 Å². The molecule has 2 N–H and O–H groups in total. The van der Waals surface area contributed by atoms with Gasteiger partial charge in [0, 0.05) is 19.2 Å². The number of nitrogens with one attached hydrogen (secondary N) is 1. The molecule has 6 heteroatoms. The van der Waals surface area contributed by atoms with E-state index in [4.69, 9.17) is 0 Å². The zero-order valence-electron chi connectivity index (χ0n) is 12.8. The minimum atomic E-state index is -1.41. The number of amides is 1. The van der Waals surface area contributed by atoms with Crippen LogP contribution in [0.25, 0.3) is 0 Å². The van der Waals surface area contributed by atoms with Crippen LogP contribution in [0.15, 0.2) is 29.8 Å². The van der Waals surface area contributed by atoms with E-state index in [1.165, 1.54) is 6.07 Å². The van der Waals surface area contributed by atoms with Crippen LogP contribution in [0.5, 0.6) is 0 Å². The van der Waals surface area contributed by atoms with Gasteiger partial charge in [-0.05, 0) is 49.6 Å². The summed E-state index contributed by atoms with van der Waals surface area (Å²) in [6, 6.07) is 3.40. The Balaban J connectivity index is 1.59. The highest BCUT2D eigenvalue weighted by atomic mass is 19.1. The predicted octanol–water partition coefficient (Wildman–Crippen LogP) is 1.77. The lowest BCUT2D eigenvalue weighted by atomic mass is 9.83. The third-order valence-electron chi connectivity index (χ3n) is 4.64. The van der Waals surface area contributed by atoms with Crippen LogP contribution in [0.2, 0.25) is 0 Å². The molecule has 3 saturated heterocycles. The molecule has 4 rings (SSSR count). The first-order valence-corrected chi connectivity index (χ1v) is 7.87. The fraction of sp³-hybridized carbons (Fsp3) is 0.471. The lowest BCUT2D eigenvalue weighted by molar-refractivity contribution is -0.117. The lowest BCUT2D eigenvalue weighted by Gasteiger charge is -2.40. The first-order chi connectivity index (χ1) is 11.0. The van der Waals surface area contributed by atoms with Crippen molar-refractivity contribution in [3.05, 3.63) is 47.0 Å². The normalized spacial score (nSPS) is 26.3. The molecule has 0 spiro atoms. The second kappa shape index (κ2) is 6.76. The molecule has 1 atom stereocenters. The first-order valence-electron chi connectivity index (χ1n) is 7.87. The van der Waals surface area contributed by atoms with Crippen molar-refractivity contribution in [2.75, 3.05) is 26.2 Å². The molecule has 124 valence electrons. The highest BCUT2D eigenvalue weighted by molar-refractivity contribution is 5.88. The van der Waals surface area contributed by atoms with Crippen molar-refractivity contribution in [2.45, 2.75) is 18.9 Å². The van der Waals surface area contributed by atoms with Gasteiger partial charge in [0.2, 0.25) is 5.91 Å². The summed E-state index contributed by atoms with van der Waals surface area (Å²) >= 11 is 0. The van der Waals surface area contributed by atoms with Gasteiger partial charge in [-0.15, -0.1) is 0 Å². The molecule has 3 aliphatic rings. The molecule has 3 heterocycles. The summed E-state index contributed by atoms with van der Waals surface area (Å²) in [6.45, 7) is 2.74. The zero-order valence-corrected chi connectivity index (χ0v) is 12.8. The summed E-state index contributed by atoms with van der Waals surface area (Å²) in [5.41, 5.74) is 0.690. The molecule has 1 aromatic carbocycles. The number of hydrogen-bond donors (Lipinski definition) is 2. The SMILES string of the molecule is O=C(/C=C1/CN2CCC1CC2)NCC(O)c1c(F)cccc1F. The number of aliphatic hydroxyl groups is 1. The molecule has 4 nitrogen and oxygen atoms in total. The van der Waals surface area contributed by atoms with E-state index >= 15 is 0 Å². The lowest BCUT2D eigenvalue weighted by Crippen LogP contribution is -2.43. The molecule has 0 saturated carbocycles. The third kappa shape index (κ3) is 3.59. The molecular weight excluding hydrogens is 302 g/mol. The Hall–Kier alpha value is -1.79. The number of benzene rings is 1. The molecule has 1 aromatic rings. The Labute approximate surface area is 133 Å². The largest absolute Gasteiger partial charge is 0.386 e. The van der Waals surface area contributed by atoms with Crippen molar-refractivity contribution in [3.63, 3.8) is 0 Å².